The zero-order valence-electron chi connectivity index (χ0n) is 11.8. The van der Waals surface area contributed by atoms with E-state index in [-0.39, 0.29) is 17.8 Å². The number of nitrogens with two attached hydrogens (primary N) is 1. The normalized spacial score (nSPS) is 11.8. The predicted molar refractivity (Wildman–Crippen MR) is 71.5 cm³/mol. The average molecular weight is 300 g/mol. The number of alkyl halides is 3. The molecule has 9 heteroatoms. The van der Waals surface area contributed by atoms with Crippen molar-refractivity contribution < 1.29 is 13.2 Å². The highest BCUT2D eigenvalue weighted by Crippen LogP contribution is 2.38. The molecule has 21 heavy (non-hydrogen) atoms. The molecule has 0 unspecified atom stereocenters. The van der Waals surface area contributed by atoms with E-state index in [4.69, 9.17) is 5.73 Å². The molecule has 2 N–H and O–H groups in total. The highest BCUT2D eigenvalue weighted by Gasteiger charge is 2.38. The molecule has 0 fully saturated rings. The van der Waals surface area contributed by atoms with Crippen LogP contribution in [0.2, 0.25) is 0 Å². The van der Waals surface area contributed by atoms with E-state index >= 15 is 0 Å². The van der Waals surface area contributed by atoms with Crippen LogP contribution in [0.3, 0.4) is 0 Å². The van der Waals surface area contributed by atoms with Crippen LogP contribution in [0.5, 0.6) is 0 Å². The maximum absolute atomic E-state index is 13.1. The van der Waals surface area contributed by atoms with Gasteiger partial charge < -0.3 is 10.6 Å². The number of aromatic nitrogens is 4. The first-order valence-corrected chi connectivity index (χ1v) is 6.09. The Morgan fingerprint density at radius 2 is 1.95 bits per heavy atom. The lowest BCUT2D eigenvalue weighted by Gasteiger charge is -2.17. The third-order valence-corrected chi connectivity index (χ3v) is 2.87. The van der Waals surface area contributed by atoms with E-state index < -0.39 is 11.9 Å². The minimum absolute atomic E-state index is 0.107. The molecule has 0 saturated heterocycles. The lowest BCUT2D eigenvalue weighted by atomic mass is 10.1. The Hall–Kier alpha value is -2.16. The monoisotopic (exact) mass is 300 g/mol. The largest absolute Gasteiger partial charge is 0.435 e. The van der Waals surface area contributed by atoms with Crippen LogP contribution in [0.25, 0.3) is 11.3 Å². The number of rotatable bonds is 3. The topological polar surface area (TPSA) is 72.9 Å². The fourth-order valence-electron chi connectivity index (χ4n) is 1.92. The van der Waals surface area contributed by atoms with Crippen molar-refractivity contribution in [3.63, 3.8) is 0 Å². The molecular formula is C12H15F3N6. The molecule has 0 radical (unpaired) electrons. The van der Waals surface area contributed by atoms with Crippen molar-refractivity contribution in [2.45, 2.75) is 12.7 Å². The van der Waals surface area contributed by atoms with Crippen molar-refractivity contribution in [2.24, 2.45) is 12.8 Å². The van der Waals surface area contributed by atoms with Gasteiger partial charge in [0.15, 0.2) is 5.69 Å². The lowest BCUT2D eigenvalue weighted by Crippen LogP contribution is -2.15. The number of halogens is 3. The lowest BCUT2D eigenvalue weighted by molar-refractivity contribution is -0.141. The van der Waals surface area contributed by atoms with Gasteiger partial charge in [0.05, 0.1) is 16.9 Å². The third kappa shape index (κ3) is 2.97. The summed E-state index contributed by atoms with van der Waals surface area (Å²) in [7, 11) is 4.85. The van der Waals surface area contributed by atoms with Crippen molar-refractivity contribution in [1.82, 2.24) is 20.0 Å². The summed E-state index contributed by atoms with van der Waals surface area (Å²) < 4.78 is 40.3. The van der Waals surface area contributed by atoms with E-state index in [1.807, 2.05) is 0 Å². The minimum Gasteiger partial charge on any atom is -0.376 e. The quantitative estimate of drug-likeness (QED) is 0.928. The summed E-state index contributed by atoms with van der Waals surface area (Å²) >= 11 is 0. The molecular weight excluding hydrogens is 285 g/mol. The molecule has 6 nitrogen and oxygen atoms in total. The number of nitrogens with zero attached hydrogens (tertiary/aromatic N) is 5. The fourth-order valence-corrected chi connectivity index (χ4v) is 1.92. The molecule has 0 aliphatic carbocycles. The molecule has 0 amide bonds. The first-order chi connectivity index (χ1) is 9.74. The van der Waals surface area contributed by atoms with Gasteiger partial charge in [0, 0.05) is 33.9 Å². The standard InChI is InChI=1S/C12H15F3N6/c1-20(2)9-4-7(5-16)17-18-10(9)8-6-21(3)19-11(8)12(13,14)15/h4,6H,5,16H2,1-3H3. The molecule has 0 atom stereocenters. The van der Waals surface area contributed by atoms with E-state index in [1.54, 1.807) is 25.1 Å². The Bertz CT molecular complexity index is 647. The van der Waals surface area contributed by atoms with Crippen molar-refractivity contribution in [1.29, 1.82) is 0 Å². The summed E-state index contributed by atoms with van der Waals surface area (Å²) in [5, 5.41) is 11.2. The SMILES string of the molecule is CN(C)c1cc(CN)nnc1-c1cn(C)nc1C(F)(F)F. The van der Waals surface area contributed by atoms with Gasteiger partial charge >= 0.3 is 6.18 Å². The number of hydrogen-bond acceptors (Lipinski definition) is 5. The Balaban J connectivity index is 2.67. The van der Waals surface area contributed by atoms with Crippen LogP contribution in [0, 0.1) is 0 Å². The smallest absolute Gasteiger partial charge is 0.376 e. The van der Waals surface area contributed by atoms with Crippen LogP contribution in [-0.2, 0) is 19.8 Å². The van der Waals surface area contributed by atoms with Gasteiger partial charge in [0.25, 0.3) is 0 Å². The molecule has 0 spiro atoms. The molecule has 2 rings (SSSR count). The molecule has 2 aromatic heterocycles. The maximum Gasteiger partial charge on any atom is 0.435 e. The van der Waals surface area contributed by atoms with Gasteiger partial charge in [-0.3, -0.25) is 4.68 Å². The summed E-state index contributed by atoms with van der Waals surface area (Å²) in [4.78, 5) is 1.66. The zero-order valence-corrected chi connectivity index (χ0v) is 11.8. The van der Waals surface area contributed by atoms with Crippen molar-refractivity contribution >= 4 is 5.69 Å². The second-order valence-electron chi connectivity index (χ2n) is 4.73. The Morgan fingerprint density at radius 3 is 2.48 bits per heavy atom. The van der Waals surface area contributed by atoms with E-state index in [0.717, 1.165) is 4.68 Å². The van der Waals surface area contributed by atoms with Crippen LogP contribution in [0.1, 0.15) is 11.4 Å². The molecule has 0 saturated carbocycles. The first kappa shape index (κ1) is 15.2. The second kappa shape index (κ2) is 5.32. The number of aryl methyl sites for hydroxylation is 1. The summed E-state index contributed by atoms with van der Waals surface area (Å²) in [6.07, 6.45) is -3.28. The highest BCUT2D eigenvalue weighted by atomic mass is 19.4. The van der Waals surface area contributed by atoms with Gasteiger partial charge in [0.2, 0.25) is 0 Å². The highest BCUT2D eigenvalue weighted by molar-refractivity contribution is 5.76. The molecule has 0 aromatic carbocycles. The van der Waals surface area contributed by atoms with Crippen LogP contribution < -0.4 is 10.6 Å². The summed E-state index contributed by atoms with van der Waals surface area (Å²) in [5.74, 6) is 0. The second-order valence-corrected chi connectivity index (χ2v) is 4.73. The molecule has 0 bridgehead atoms. The van der Waals surface area contributed by atoms with Crippen LogP contribution in [0.15, 0.2) is 12.3 Å². The molecule has 114 valence electrons. The number of anilines is 1. The Kier molecular flexibility index (Phi) is 3.86. The van der Waals surface area contributed by atoms with Gasteiger partial charge in [-0.05, 0) is 6.07 Å². The Labute approximate surface area is 119 Å². The fraction of sp³-hybridized carbons (Fsp3) is 0.417. The molecule has 2 aromatic rings. The van der Waals surface area contributed by atoms with Crippen LogP contribution >= 0.6 is 0 Å². The third-order valence-electron chi connectivity index (χ3n) is 2.87. The predicted octanol–water partition coefficient (Wildman–Crippen LogP) is 1.42. The van der Waals surface area contributed by atoms with Gasteiger partial charge in [-0.1, -0.05) is 0 Å². The summed E-state index contributed by atoms with van der Waals surface area (Å²) in [6, 6.07) is 1.62. The van der Waals surface area contributed by atoms with Crippen molar-refractivity contribution in [3.8, 4) is 11.3 Å². The van der Waals surface area contributed by atoms with Gasteiger partial charge in [-0.25, -0.2) is 0 Å². The molecule has 2 heterocycles. The van der Waals surface area contributed by atoms with E-state index in [1.165, 1.54) is 13.2 Å². The van der Waals surface area contributed by atoms with E-state index in [0.29, 0.717) is 11.4 Å². The maximum atomic E-state index is 13.1. The molecule has 0 aliphatic rings. The average Bonchev–Trinajstić information content (AvgIpc) is 2.80. The van der Waals surface area contributed by atoms with E-state index in [9.17, 15) is 13.2 Å². The number of hydrogen-bond donors (Lipinski definition) is 1. The van der Waals surface area contributed by atoms with Crippen LogP contribution in [-0.4, -0.2) is 34.1 Å². The minimum atomic E-state index is -4.56. The first-order valence-electron chi connectivity index (χ1n) is 6.09. The van der Waals surface area contributed by atoms with Gasteiger partial charge in [-0.15, -0.1) is 5.10 Å². The van der Waals surface area contributed by atoms with Gasteiger partial charge in [0.1, 0.15) is 5.69 Å². The van der Waals surface area contributed by atoms with Crippen LogP contribution in [0.4, 0.5) is 18.9 Å². The van der Waals surface area contributed by atoms with Crippen molar-refractivity contribution in [3.05, 3.63) is 23.7 Å². The summed E-state index contributed by atoms with van der Waals surface area (Å²) in [5.41, 5.74) is 5.53. The molecule has 0 aliphatic heterocycles. The Morgan fingerprint density at radius 1 is 1.29 bits per heavy atom. The van der Waals surface area contributed by atoms with Gasteiger partial charge in [-0.2, -0.15) is 23.4 Å². The van der Waals surface area contributed by atoms with Crippen molar-refractivity contribution in [2.75, 3.05) is 19.0 Å². The zero-order chi connectivity index (χ0) is 15.8. The summed E-state index contributed by atoms with van der Waals surface area (Å²) in [6.45, 7) is 0.160. The van der Waals surface area contributed by atoms with E-state index in [2.05, 4.69) is 15.3 Å².